The zero-order chi connectivity index (χ0) is 18.6. The first-order chi connectivity index (χ1) is 11.7. The number of sulfonamides is 1. The van der Waals surface area contributed by atoms with Crippen LogP contribution in [0.15, 0.2) is 17.0 Å². The van der Waals surface area contributed by atoms with Crippen LogP contribution in [0.3, 0.4) is 0 Å². The molecule has 8 nitrogen and oxygen atoms in total. The van der Waals surface area contributed by atoms with Crippen LogP contribution < -0.4 is 10.5 Å². The molecule has 1 atom stereocenters. The van der Waals surface area contributed by atoms with Gasteiger partial charge in [-0.3, -0.25) is 4.79 Å². The van der Waals surface area contributed by atoms with Crippen LogP contribution in [-0.2, 0) is 24.3 Å². The monoisotopic (exact) mass is 410 g/mol. The van der Waals surface area contributed by atoms with E-state index >= 15 is 0 Å². The van der Waals surface area contributed by atoms with Crippen LogP contribution >= 0.6 is 23.2 Å². The van der Waals surface area contributed by atoms with E-state index in [1.165, 1.54) is 0 Å². The van der Waals surface area contributed by atoms with E-state index in [2.05, 4.69) is 5.32 Å². The number of carbonyl (C=O) groups excluding carboxylic acids is 2. The molecule has 0 spiro atoms. The van der Waals surface area contributed by atoms with Crippen molar-refractivity contribution in [2.45, 2.75) is 23.8 Å². The average molecular weight is 411 g/mol. The third-order valence-corrected chi connectivity index (χ3v) is 5.12. The molecule has 11 heteroatoms. The van der Waals surface area contributed by atoms with Crippen molar-refractivity contribution in [2.24, 2.45) is 5.14 Å². The maximum atomic E-state index is 12.0. The molecule has 3 N–H and O–H groups in total. The minimum Gasteiger partial charge on any atom is -0.452 e. The standard InChI is InChI=1S/C14H16Cl2N2O6S/c15-10-5-11(16)12(25(17,21)22)4-9(10)14(20)24-7-13(19)18-6-8-2-1-3-23-8/h4-5,8H,1-3,6-7H2,(H,18,19)(H2,17,21,22). The summed E-state index contributed by atoms with van der Waals surface area (Å²) in [5, 5.41) is 7.25. The number of halogens is 2. The number of carbonyl (C=O) groups is 2. The Morgan fingerprint density at radius 2 is 2.04 bits per heavy atom. The Morgan fingerprint density at radius 1 is 1.32 bits per heavy atom. The van der Waals surface area contributed by atoms with E-state index in [1.54, 1.807) is 0 Å². The first-order valence-corrected chi connectivity index (χ1v) is 9.56. The predicted octanol–water partition coefficient (Wildman–Crippen LogP) is 1.09. The van der Waals surface area contributed by atoms with Crippen LogP contribution in [0.1, 0.15) is 23.2 Å². The molecular weight excluding hydrogens is 395 g/mol. The fourth-order valence-electron chi connectivity index (χ4n) is 2.20. The van der Waals surface area contributed by atoms with Gasteiger partial charge in [0.2, 0.25) is 10.0 Å². The van der Waals surface area contributed by atoms with Gasteiger partial charge in [0.1, 0.15) is 4.90 Å². The smallest absolute Gasteiger partial charge is 0.340 e. The summed E-state index contributed by atoms with van der Waals surface area (Å²) in [5.74, 6) is -1.49. The van der Waals surface area contributed by atoms with E-state index in [1.807, 2.05) is 0 Å². The number of ether oxygens (including phenoxy) is 2. The molecule has 0 aliphatic carbocycles. The van der Waals surface area contributed by atoms with Crippen molar-refractivity contribution >= 4 is 45.1 Å². The molecule has 1 heterocycles. The minimum atomic E-state index is -4.15. The summed E-state index contributed by atoms with van der Waals surface area (Å²) in [6.45, 7) is 0.444. The number of esters is 1. The molecule has 1 aromatic carbocycles. The normalized spacial score (nSPS) is 17.3. The predicted molar refractivity (Wildman–Crippen MR) is 90.1 cm³/mol. The Morgan fingerprint density at radius 3 is 2.64 bits per heavy atom. The van der Waals surface area contributed by atoms with Crippen molar-refractivity contribution in [1.82, 2.24) is 5.32 Å². The van der Waals surface area contributed by atoms with Crippen molar-refractivity contribution < 1.29 is 27.5 Å². The zero-order valence-electron chi connectivity index (χ0n) is 13.0. The molecule has 1 saturated heterocycles. The number of benzene rings is 1. The average Bonchev–Trinajstić information content (AvgIpc) is 3.02. The Balaban J connectivity index is 1.97. The molecule has 1 fully saturated rings. The van der Waals surface area contributed by atoms with Crippen molar-refractivity contribution in [3.8, 4) is 0 Å². The maximum Gasteiger partial charge on any atom is 0.340 e. The van der Waals surface area contributed by atoms with E-state index in [0.29, 0.717) is 13.2 Å². The number of nitrogens with two attached hydrogens (primary N) is 1. The zero-order valence-corrected chi connectivity index (χ0v) is 15.3. The fraction of sp³-hybridized carbons (Fsp3) is 0.429. The Labute approximate surface area is 154 Å². The summed E-state index contributed by atoms with van der Waals surface area (Å²) < 4.78 is 33.1. The van der Waals surface area contributed by atoms with Gasteiger partial charge in [-0.1, -0.05) is 23.2 Å². The highest BCUT2D eigenvalue weighted by atomic mass is 35.5. The Hall–Kier alpha value is -1.39. The van der Waals surface area contributed by atoms with Gasteiger partial charge in [-0.15, -0.1) is 0 Å². The highest BCUT2D eigenvalue weighted by Gasteiger charge is 2.22. The number of rotatable bonds is 6. The molecule has 1 amide bonds. The van der Waals surface area contributed by atoms with Gasteiger partial charge in [-0.2, -0.15) is 0 Å². The van der Waals surface area contributed by atoms with E-state index < -0.39 is 33.4 Å². The molecule has 1 aliphatic rings. The van der Waals surface area contributed by atoms with Crippen LogP contribution in [0, 0.1) is 0 Å². The van der Waals surface area contributed by atoms with Crippen LogP contribution in [-0.4, -0.2) is 46.2 Å². The Kier molecular flexibility index (Phi) is 6.64. The third-order valence-electron chi connectivity index (χ3n) is 3.43. The van der Waals surface area contributed by atoms with Crippen molar-refractivity contribution in [2.75, 3.05) is 19.8 Å². The van der Waals surface area contributed by atoms with Gasteiger partial charge in [0.05, 0.1) is 21.7 Å². The van der Waals surface area contributed by atoms with Crippen molar-refractivity contribution in [3.05, 3.63) is 27.7 Å². The summed E-state index contributed by atoms with van der Waals surface area (Å²) in [6, 6.07) is 1.98. The third kappa shape index (κ3) is 5.55. The van der Waals surface area contributed by atoms with Crippen molar-refractivity contribution in [1.29, 1.82) is 0 Å². The topological polar surface area (TPSA) is 125 Å². The van der Waals surface area contributed by atoms with Crippen LogP contribution in [0.5, 0.6) is 0 Å². The van der Waals surface area contributed by atoms with Crippen LogP contribution in [0.25, 0.3) is 0 Å². The molecular formula is C14H16Cl2N2O6S. The molecule has 25 heavy (non-hydrogen) atoms. The number of nitrogens with one attached hydrogen (secondary N) is 1. The van der Waals surface area contributed by atoms with Gasteiger partial charge >= 0.3 is 5.97 Å². The van der Waals surface area contributed by atoms with E-state index in [4.69, 9.17) is 37.8 Å². The molecule has 138 valence electrons. The lowest BCUT2D eigenvalue weighted by Crippen LogP contribution is -2.34. The summed E-state index contributed by atoms with van der Waals surface area (Å²) in [5.41, 5.74) is -0.262. The molecule has 1 aliphatic heterocycles. The van der Waals surface area contributed by atoms with Gasteiger partial charge in [0.15, 0.2) is 6.61 Å². The van der Waals surface area contributed by atoms with Gasteiger partial charge in [-0.05, 0) is 25.0 Å². The number of hydrogen-bond acceptors (Lipinski definition) is 6. The quantitative estimate of drug-likeness (QED) is 0.676. The maximum absolute atomic E-state index is 12.0. The van der Waals surface area contributed by atoms with Crippen LogP contribution in [0.2, 0.25) is 10.0 Å². The summed E-state index contributed by atoms with van der Waals surface area (Å²) in [7, 11) is -4.15. The molecule has 0 aromatic heterocycles. The van der Waals surface area contributed by atoms with Gasteiger partial charge in [0, 0.05) is 13.2 Å². The molecule has 0 bridgehead atoms. The first kappa shape index (κ1) is 19.9. The van der Waals surface area contributed by atoms with E-state index in [9.17, 15) is 18.0 Å². The fourth-order valence-corrected chi connectivity index (χ4v) is 3.59. The Bertz CT molecular complexity index is 778. The largest absolute Gasteiger partial charge is 0.452 e. The number of amides is 1. The van der Waals surface area contributed by atoms with Gasteiger partial charge in [-0.25, -0.2) is 18.4 Å². The second kappa shape index (κ2) is 8.33. The highest BCUT2D eigenvalue weighted by molar-refractivity contribution is 7.89. The lowest BCUT2D eigenvalue weighted by molar-refractivity contribution is -0.124. The minimum absolute atomic E-state index is 0.0392. The molecule has 1 unspecified atom stereocenters. The molecule has 0 saturated carbocycles. The van der Waals surface area contributed by atoms with Crippen molar-refractivity contribution in [3.63, 3.8) is 0 Å². The molecule has 0 radical (unpaired) electrons. The first-order valence-electron chi connectivity index (χ1n) is 7.25. The van der Waals surface area contributed by atoms with E-state index in [0.717, 1.165) is 25.0 Å². The number of hydrogen-bond donors (Lipinski definition) is 2. The highest BCUT2D eigenvalue weighted by Crippen LogP contribution is 2.28. The number of primary sulfonamides is 1. The summed E-state index contributed by atoms with van der Waals surface area (Å²) >= 11 is 11.6. The van der Waals surface area contributed by atoms with E-state index in [-0.39, 0.29) is 21.7 Å². The van der Waals surface area contributed by atoms with Gasteiger partial charge < -0.3 is 14.8 Å². The lowest BCUT2D eigenvalue weighted by Gasteiger charge is -2.11. The second-order valence-electron chi connectivity index (χ2n) is 5.32. The van der Waals surface area contributed by atoms with Gasteiger partial charge in [0.25, 0.3) is 5.91 Å². The SMILES string of the molecule is NS(=O)(=O)c1cc(C(=O)OCC(=O)NCC2CCCO2)c(Cl)cc1Cl. The molecule has 2 rings (SSSR count). The second-order valence-corrected chi connectivity index (χ2v) is 7.67. The lowest BCUT2D eigenvalue weighted by atomic mass is 10.2. The summed E-state index contributed by atoms with van der Waals surface area (Å²) in [6.07, 6.45) is 1.76. The molecule has 1 aromatic rings. The summed E-state index contributed by atoms with van der Waals surface area (Å²) in [4.78, 5) is 23.3. The van der Waals surface area contributed by atoms with Crippen LogP contribution in [0.4, 0.5) is 0 Å².